The quantitative estimate of drug-likeness (QED) is 0.547. The van der Waals surface area contributed by atoms with Crippen molar-refractivity contribution in [3.05, 3.63) is 51.8 Å². The Hall–Kier alpha value is -2.01. The van der Waals surface area contributed by atoms with E-state index in [1.54, 1.807) is 6.20 Å². The highest BCUT2D eigenvalue weighted by Gasteiger charge is 2.60. The normalized spacial score (nSPS) is 27.1. The highest BCUT2D eigenvalue weighted by molar-refractivity contribution is 8.05. The second-order valence-electron chi connectivity index (χ2n) is 10.5. The van der Waals surface area contributed by atoms with Gasteiger partial charge in [0.15, 0.2) is 5.82 Å². The molecule has 2 atom stereocenters. The average Bonchev–Trinajstić information content (AvgIpc) is 3.58. The molecule has 6 rings (SSSR count). The number of hydrogen-bond acceptors (Lipinski definition) is 6. The molecule has 4 aliphatic rings. The molecular weight excluding hydrogens is 520 g/mol. The first kappa shape index (κ1) is 25.3. The maximum Gasteiger partial charge on any atom is 0.278 e. The Morgan fingerprint density at radius 1 is 1.22 bits per heavy atom. The van der Waals surface area contributed by atoms with E-state index >= 15 is 0 Å². The maximum absolute atomic E-state index is 14.5. The van der Waals surface area contributed by atoms with Gasteiger partial charge in [-0.1, -0.05) is 17.7 Å². The number of nitrogens with zero attached hydrogens (tertiary/aromatic N) is 5. The summed E-state index contributed by atoms with van der Waals surface area (Å²) >= 11 is 7.52. The number of piperidine rings is 1. The number of aryl methyl sites for hydroxylation is 1. The Bertz CT molecular complexity index is 1230. The van der Waals surface area contributed by atoms with E-state index in [0.29, 0.717) is 36.7 Å². The molecule has 0 bridgehead atoms. The lowest BCUT2D eigenvalue weighted by Gasteiger charge is -2.51. The number of amides is 1. The lowest BCUT2D eigenvalue weighted by molar-refractivity contribution is -0.215. The van der Waals surface area contributed by atoms with Crippen LogP contribution in [0.4, 0.5) is 8.78 Å². The van der Waals surface area contributed by atoms with Crippen molar-refractivity contribution >= 4 is 29.3 Å². The summed E-state index contributed by atoms with van der Waals surface area (Å²) in [6.07, 6.45) is 8.17. The topological polar surface area (TPSA) is 63.5 Å². The van der Waals surface area contributed by atoms with Crippen molar-refractivity contribution < 1.29 is 18.3 Å². The van der Waals surface area contributed by atoms with E-state index in [0.717, 1.165) is 48.7 Å². The zero-order chi connectivity index (χ0) is 25.8. The van der Waals surface area contributed by atoms with Crippen LogP contribution >= 0.6 is 23.4 Å². The highest BCUT2D eigenvalue weighted by Crippen LogP contribution is 2.56. The van der Waals surface area contributed by atoms with Gasteiger partial charge in [0, 0.05) is 62.7 Å². The van der Waals surface area contributed by atoms with Crippen molar-refractivity contribution in [2.75, 3.05) is 26.2 Å². The van der Waals surface area contributed by atoms with E-state index in [4.69, 9.17) is 21.4 Å². The van der Waals surface area contributed by atoms with Gasteiger partial charge < -0.3 is 9.64 Å². The van der Waals surface area contributed by atoms with Crippen molar-refractivity contribution in [3.8, 4) is 5.82 Å². The van der Waals surface area contributed by atoms with E-state index in [1.165, 1.54) is 17.8 Å². The van der Waals surface area contributed by atoms with Crippen LogP contribution in [0.3, 0.4) is 0 Å². The summed E-state index contributed by atoms with van der Waals surface area (Å²) in [6, 6.07) is 3.89. The third-order valence-electron chi connectivity index (χ3n) is 8.15. The van der Waals surface area contributed by atoms with Crippen molar-refractivity contribution in [1.29, 1.82) is 0 Å². The van der Waals surface area contributed by atoms with Crippen LogP contribution in [0, 0.1) is 12.8 Å². The maximum atomic E-state index is 14.5. The molecule has 0 saturated carbocycles. The van der Waals surface area contributed by atoms with Gasteiger partial charge in [-0.2, -0.15) is 5.10 Å². The van der Waals surface area contributed by atoms with E-state index < -0.39 is 24.0 Å². The molecule has 7 nitrogen and oxygen atoms in total. The molecular formula is C26H30ClF2N5O2S. The zero-order valence-electron chi connectivity index (χ0n) is 20.7. The molecule has 4 aliphatic heterocycles. The molecule has 2 unspecified atom stereocenters. The number of pyridine rings is 1. The summed E-state index contributed by atoms with van der Waals surface area (Å²) < 4.78 is 37.2. The van der Waals surface area contributed by atoms with Gasteiger partial charge >= 0.3 is 0 Å². The molecule has 3 fully saturated rings. The fourth-order valence-electron chi connectivity index (χ4n) is 6.01. The number of ether oxygens (including phenoxy) is 1. The SMILES string of the molecule is Cc1nn(-c2ncccc2CN2CCCC2=O)cc1CN1CCC2(CC1)OCC(F)(F)C1C=C(Cl)SC12. The van der Waals surface area contributed by atoms with E-state index in [9.17, 15) is 13.6 Å². The van der Waals surface area contributed by atoms with Crippen molar-refractivity contribution in [2.24, 2.45) is 5.92 Å². The fraction of sp³-hybridized carbons (Fsp3) is 0.577. The van der Waals surface area contributed by atoms with Gasteiger partial charge in [0.2, 0.25) is 5.91 Å². The summed E-state index contributed by atoms with van der Waals surface area (Å²) in [5.74, 6) is -2.83. The summed E-state index contributed by atoms with van der Waals surface area (Å²) in [7, 11) is 0. The summed E-state index contributed by atoms with van der Waals surface area (Å²) in [4.78, 5) is 20.9. The Morgan fingerprint density at radius 3 is 2.78 bits per heavy atom. The molecule has 198 valence electrons. The number of halogens is 3. The van der Waals surface area contributed by atoms with Crippen molar-refractivity contribution in [3.63, 3.8) is 0 Å². The van der Waals surface area contributed by atoms with Crippen LogP contribution in [-0.4, -0.2) is 73.5 Å². The largest absolute Gasteiger partial charge is 0.367 e. The Kier molecular flexibility index (Phi) is 6.58. The molecule has 6 heterocycles. The van der Waals surface area contributed by atoms with Gasteiger partial charge in [-0.3, -0.25) is 9.69 Å². The molecule has 1 spiro atoms. The van der Waals surface area contributed by atoms with Crippen LogP contribution in [0.5, 0.6) is 0 Å². The number of alkyl halides is 2. The molecule has 1 amide bonds. The number of thioether (sulfide) groups is 1. The number of carbonyl (C=O) groups excluding carboxylic acids is 1. The number of aromatic nitrogens is 3. The molecule has 0 radical (unpaired) electrons. The predicted molar refractivity (Wildman–Crippen MR) is 138 cm³/mol. The zero-order valence-corrected chi connectivity index (χ0v) is 22.3. The minimum Gasteiger partial charge on any atom is -0.367 e. The number of hydrogen-bond donors (Lipinski definition) is 0. The third-order valence-corrected chi connectivity index (χ3v) is 9.88. The van der Waals surface area contributed by atoms with Crippen LogP contribution in [0.2, 0.25) is 0 Å². The number of likely N-dealkylation sites (tertiary alicyclic amines) is 2. The Labute approximate surface area is 224 Å². The van der Waals surface area contributed by atoms with Crippen LogP contribution in [0.25, 0.3) is 5.82 Å². The second-order valence-corrected chi connectivity index (χ2v) is 12.3. The first-order chi connectivity index (χ1) is 17.7. The fourth-order valence-corrected chi connectivity index (χ4v) is 7.85. The van der Waals surface area contributed by atoms with E-state index in [2.05, 4.69) is 9.88 Å². The number of rotatable bonds is 5. The molecule has 0 aromatic carbocycles. The van der Waals surface area contributed by atoms with Crippen LogP contribution in [-0.2, 0) is 22.6 Å². The number of allylic oxidation sites excluding steroid dienone is 1. The molecule has 2 aromatic rings. The molecule has 3 saturated heterocycles. The molecule has 37 heavy (non-hydrogen) atoms. The van der Waals surface area contributed by atoms with Crippen LogP contribution in [0.15, 0.2) is 35.0 Å². The van der Waals surface area contributed by atoms with Gasteiger partial charge in [0.05, 0.1) is 26.8 Å². The minimum absolute atomic E-state index is 0.182. The molecule has 0 aliphatic carbocycles. The summed E-state index contributed by atoms with van der Waals surface area (Å²) in [5.41, 5.74) is 2.41. The smallest absolute Gasteiger partial charge is 0.278 e. The highest BCUT2D eigenvalue weighted by atomic mass is 35.5. The first-order valence-corrected chi connectivity index (χ1v) is 14.1. The van der Waals surface area contributed by atoms with Gasteiger partial charge in [0.25, 0.3) is 5.92 Å². The monoisotopic (exact) mass is 549 g/mol. The molecule has 2 aromatic heterocycles. The standard InChI is InChI=1S/C26H30ClF2N5O2S/c1-17-19(15-34(31-17)24-18(4-2-8-30-24)14-33-9-3-5-22(33)35)13-32-10-6-25(7-11-32)23-20(12-21(27)37-23)26(28,29)16-36-25/h2,4,8,12,15,20,23H,3,5-7,9-11,13-14,16H2,1H3. The predicted octanol–water partition coefficient (Wildman–Crippen LogP) is 4.51. The number of carbonyl (C=O) groups is 1. The molecule has 0 N–H and O–H groups in total. The average molecular weight is 550 g/mol. The van der Waals surface area contributed by atoms with Crippen molar-refractivity contribution in [1.82, 2.24) is 24.6 Å². The first-order valence-electron chi connectivity index (χ1n) is 12.8. The Morgan fingerprint density at radius 2 is 2.03 bits per heavy atom. The van der Waals surface area contributed by atoms with Gasteiger partial charge in [0.1, 0.15) is 6.61 Å². The summed E-state index contributed by atoms with van der Waals surface area (Å²) in [6.45, 7) is 4.97. The second kappa shape index (κ2) is 9.63. The third kappa shape index (κ3) is 4.70. The van der Waals surface area contributed by atoms with Gasteiger partial charge in [-0.15, -0.1) is 11.8 Å². The van der Waals surface area contributed by atoms with Crippen molar-refractivity contribution in [2.45, 2.75) is 62.5 Å². The van der Waals surface area contributed by atoms with Gasteiger partial charge in [-0.25, -0.2) is 18.4 Å². The van der Waals surface area contributed by atoms with E-state index in [1.807, 2.05) is 34.8 Å². The minimum atomic E-state index is -2.88. The van der Waals surface area contributed by atoms with Crippen LogP contribution < -0.4 is 0 Å². The Balaban J connectivity index is 1.14. The summed E-state index contributed by atoms with van der Waals surface area (Å²) in [5, 5.41) is 4.40. The van der Waals surface area contributed by atoms with E-state index in [-0.39, 0.29) is 11.2 Å². The molecule has 11 heteroatoms. The number of fused-ring (bicyclic) bond motifs is 2. The lowest BCUT2D eigenvalue weighted by Crippen LogP contribution is -2.61. The lowest BCUT2D eigenvalue weighted by atomic mass is 9.77. The van der Waals surface area contributed by atoms with Gasteiger partial charge in [-0.05, 0) is 38.3 Å². The van der Waals surface area contributed by atoms with Crippen LogP contribution in [0.1, 0.15) is 42.5 Å².